The molecule has 0 aliphatic carbocycles. The number of alkyl halides is 3. The van der Waals surface area contributed by atoms with Crippen LogP contribution in [0.3, 0.4) is 0 Å². The third kappa shape index (κ3) is 4.62. The second-order valence-electron chi connectivity index (χ2n) is 7.58. The molecule has 3 N–H and O–H groups in total. The van der Waals surface area contributed by atoms with E-state index in [0.29, 0.717) is 12.2 Å². The molecule has 0 radical (unpaired) electrons. The Labute approximate surface area is 161 Å². The molecule has 0 saturated heterocycles. The molecule has 2 aromatic rings. The molecule has 1 aromatic heterocycles. The summed E-state index contributed by atoms with van der Waals surface area (Å²) >= 11 is 0. The van der Waals surface area contributed by atoms with Crippen LogP contribution in [0, 0.1) is 0 Å². The van der Waals surface area contributed by atoms with Gasteiger partial charge in [0.25, 0.3) is 0 Å². The van der Waals surface area contributed by atoms with Crippen molar-refractivity contribution in [2.24, 2.45) is 5.73 Å². The molecule has 3 rings (SSSR count). The number of aromatic nitrogens is 1. The number of hydrogen-bond donors (Lipinski definition) is 2. The smallest absolute Gasteiger partial charge is 0.368 e. The second-order valence-corrected chi connectivity index (χ2v) is 7.58. The van der Waals surface area contributed by atoms with Gasteiger partial charge < -0.3 is 11.1 Å². The molecule has 0 unspecified atom stereocenters. The Bertz CT molecular complexity index is 880. The summed E-state index contributed by atoms with van der Waals surface area (Å²) < 4.78 is 37.8. The van der Waals surface area contributed by atoms with Gasteiger partial charge in [-0.3, -0.25) is 14.7 Å². The van der Waals surface area contributed by atoms with Gasteiger partial charge >= 0.3 is 6.18 Å². The van der Waals surface area contributed by atoms with Crippen LogP contribution in [-0.4, -0.2) is 34.1 Å². The predicted molar refractivity (Wildman–Crippen MR) is 101 cm³/mol. The van der Waals surface area contributed by atoms with Gasteiger partial charge in [0.1, 0.15) is 0 Å². The first-order valence-electron chi connectivity index (χ1n) is 8.99. The third-order valence-corrected chi connectivity index (χ3v) is 5.10. The summed E-state index contributed by atoms with van der Waals surface area (Å²) in [7, 11) is 0. The Morgan fingerprint density at radius 1 is 1.18 bits per heavy atom. The number of hydrogen-bond acceptors (Lipinski definition) is 4. The van der Waals surface area contributed by atoms with E-state index in [-0.39, 0.29) is 11.5 Å². The van der Waals surface area contributed by atoms with Crippen LogP contribution in [0.25, 0.3) is 0 Å². The van der Waals surface area contributed by atoms with Crippen LogP contribution in [0.2, 0.25) is 0 Å². The number of rotatable bonds is 5. The average molecular weight is 392 g/mol. The number of nitrogens with two attached hydrogens (primary N) is 1. The lowest BCUT2D eigenvalue weighted by atomic mass is 9.93. The third-order valence-electron chi connectivity index (χ3n) is 5.10. The van der Waals surface area contributed by atoms with E-state index in [9.17, 15) is 18.0 Å². The molecular formula is C20H23F3N4O. The normalized spacial score (nSPS) is 15.2. The Morgan fingerprint density at radius 3 is 2.61 bits per heavy atom. The Morgan fingerprint density at radius 2 is 1.93 bits per heavy atom. The highest BCUT2D eigenvalue weighted by Crippen LogP contribution is 2.29. The maximum Gasteiger partial charge on any atom is 0.393 e. The van der Waals surface area contributed by atoms with Crippen LogP contribution < -0.4 is 11.1 Å². The van der Waals surface area contributed by atoms with Crippen LogP contribution in [0.15, 0.2) is 36.7 Å². The number of carbonyl (C=O) groups is 1. The molecule has 8 heteroatoms. The van der Waals surface area contributed by atoms with Crippen molar-refractivity contribution in [2.45, 2.75) is 44.9 Å². The predicted octanol–water partition coefficient (Wildman–Crippen LogP) is 3.55. The molecular weight excluding hydrogens is 369 g/mol. The maximum atomic E-state index is 12.6. The van der Waals surface area contributed by atoms with Crippen molar-refractivity contribution < 1.29 is 18.0 Å². The van der Waals surface area contributed by atoms with Crippen molar-refractivity contribution in [2.75, 3.05) is 11.9 Å². The highest BCUT2D eigenvalue weighted by molar-refractivity contribution is 5.83. The maximum absolute atomic E-state index is 12.6. The molecule has 5 nitrogen and oxygen atoms in total. The highest BCUT2D eigenvalue weighted by Gasteiger charge is 2.34. The minimum Gasteiger partial charge on any atom is -0.368 e. The van der Waals surface area contributed by atoms with E-state index in [2.05, 4.69) is 10.3 Å². The Kier molecular flexibility index (Phi) is 5.34. The van der Waals surface area contributed by atoms with Crippen molar-refractivity contribution in [3.63, 3.8) is 0 Å². The van der Waals surface area contributed by atoms with Gasteiger partial charge in [-0.25, -0.2) is 0 Å². The summed E-state index contributed by atoms with van der Waals surface area (Å²) in [4.78, 5) is 17.7. The van der Waals surface area contributed by atoms with Gasteiger partial charge in [0.05, 0.1) is 23.8 Å². The largest absolute Gasteiger partial charge is 0.393 e. The van der Waals surface area contributed by atoms with Gasteiger partial charge in [0, 0.05) is 25.0 Å². The molecule has 0 fully saturated rings. The lowest BCUT2D eigenvalue weighted by Crippen LogP contribution is -2.54. The van der Waals surface area contributed by atoms with Crippen LogP contribution in [0.4, 0.5) is 24.5 Å². The molecule has 0 spiro atoms. The lowest BCUT2D eigenvalue weighted by Gasteiger charge is -2.39. The Hall–Kier alpha value is -2.61. The van der Waals surface area contributed by atoms with Crippen LogP contribution in [-0.2, 0) is 24.2 Å². The van der Waals surface area contributed by atoms with E-state index in [0.717, 1.165) is 24.2 Å². The number of halogens is 3. The number of nitrogens with zero attached hydrogens (tertiary/aromatic N) is 2. The Balaban J connectivity index is 1.78. The van der Waals surface area contributed by atoms with Crippen molar-refractivity contribution in [3.05, 3.63) is 53.3 Å². The average Bonchev–Trinajstić information content (AvgIpc) is 2.59. The molecule has 0 saturated carbocycles. The number of benzene rings is 1. The summed E-state index contributed by atoms with van der Waals surface area (Å²) in [5.74, 6) is -0.377. The fraction of sp³-hybridized carbons (Fsp3) is 0.400. The fourth-order valence-corrected chi connectivity index (χ4v) is 3.32. The van der Waals surface area contributed by atoms with E-state index < -0.39 is 18.1 Å². The molecule has 1 aliphatic heterocycles. The van der Waals surface area contributed by atoms with Gasteiger partial charge in [0.2, 0.25) is 5.91 Å². The quantitative estimate of drug-likeness (QED) is 0.816. The topological polar surface area (TPSA) is 71.2 Å². The van der Waals surface area contributed by atoms with Crippen molar-refractivity contribution in [1.29, 1.82) is 0 Å². The van der Waals surface area contributed by atoms with Crippen molar-refractivity contribution in [3.8, 4) is 0 Å². The molecule has 2 heterocycles. The molecule has 1 aromatic carbocycles. The first-order chi connectivity index (χ1) is 13.0. The van der Waals surface area contributed by atoms with Gasteiger partial charge in [-0.05, 0) is 55.2 Å². The van der Waals surface area contributed by atoms with E-state index in [1.54, 1.807) is 13.8 Å². The zero-order chi connectivity index (χ0) is 20.5. The number of nitrogens with one attached hydrogen (secondary N) is 1. The van der Waals surface area contributed by atoms with Crippen LogP contribution in [0.5, 0.6) is 0 Å². The number of anilines is 2. The monoisotopic (exact) mass is 392 g/mol. The molecule has 0 bridgehead atoms. The first kappa shape index (κ1) is 20.1. The lowest BCUT2D eigenvalue weighted by molar-refractivity contribution is -0.129. The zero-order valence-electron chi connectivity index (χ0n) is 15.8. The van der Waals surface area contributed by atoms with Crippen LogP contribution in [0.1, 0.15) is 30.5 Å². The number of primary amides is 1. The summed E-state index contributed by atoms with van der Waals surface area (Å²) in [6.07, 6.45) is -1.79. The molecule has 0 atom stereocenters. The van der Waals surface area contributed by atoms with E-state index in [1.165, 1.54) is 24.0 Å². The van der Waals surface area contributed by atoms with Gasteiger partial charge in [-0.1, -0.05) is 6.07 Å². The summed E-state index contributed by atoms with van der Waals surface area (Å²) in [5, 5.41) is 3.12. The van der Waals surface area contributed by atoms with Gasteiger partial charge in [-0.2, -0.15) is 13.2 Å². The minimum absolute atomic E-state index is 0.102. The molecule has 1 aliphatic rings. The number of amides is 1. The fourth-order valence-electron chi connectivity index (χ4n) is 3.32. The van der Waals surface area contributed by atoms with Gasteiger partial charge in [0.15, 0.2) is 0 Å². The highest BCUT2D eigenvalue weighted by atomic mass is 19.4. The number of pyridine rings is 1. The van der Waals surface area contributed by atoms with Gasteiger partial charge in [-0.15, -0.1) is 0 Å². The number of fused-ring (bicyclic) bond motifs is 1. The summed E-state index contributed by atoms with van der Waals surface area (Å²) in [6.45, 7) is 4.92. The van der Waals surface area contributed by atoms with E-state index >= 15 is 0 Å². The van der Waals surface area contributed by atoms with Crippen molar-refractivity contribution in [1.82, 2.24) is 9.88 Å². The van der Waals surface area contributed by atoms with Crippen molar-refractivity contribution >= 4 is 17.3 Å². The summed E-state index contributed by atoms with van der Waals surface area (Å²) in [5.41, 5.74) is 8.37. The van der Waals surface area contributed by atoms with E-state index in [1.807, 2.05) is 23.1 Å². The molecule has 150 valence electrons. The summed E-state index contributed by atoms with van der Waals surface area (Å²) in [6, 6.07) is 7.29. The zero-order valence-corrected chi connectivity index (χ0v) is 15.8. The molecule has 28 heavy (non-hydrogen) atoms. The SMILES string of the molecule is CC(C)(C(N)=O)N1CCc2ccc(Nc3cncc(CC(F)(F)F)c3)cc2C1. The second kappa shape index (κ2) is 7.43. The standard InChI is InChI=1S/C20H23F3N4O/c1-19(2,18(24)28)27-6-5-14-3-4-16(8-15(14)12-27)26-17-7-13(10-25-11-17)9-20(21,22)23/h3-4,7-8,10-11,26H,5-6,9,12H2,1-2H3,(H2,24,28). The minimum atomic E-state index is -4.27. The van der Waals surface area contributed by atoms with E-state index in [4.69, 9.17) is 5.73 Å². The first-order valence-corrected chi connectivity index (χ1v) is 8.99. The van der Waals surface area contributed by atoms with Crippen LogP contribution >= 0.6 is 0 Å². The number of carbonyl (C=O) groups excluding carboxylic acids is 1. The molecule has 1 amide bonds.